The number of nitrogens with two attached hydrogens (primary N) is 2. The van der Waals surface area contributed by atoms with Crippen molar-refractivity contribution in [2.45, 2.75) is 17.4 Å². The first-order valence-corrected chi connectivity index (χ1v) is 12.0. The Morgan fingerprint density at radius 1 is 1.03 bits per heavy atom. The molecule has 11 nitrogen and oxygen atoms in total. The van der Waals surface area contributed by atoms with Crippen LogP contribution >= 0.6 is 0 Å². The van der Waals surface area contributed by atoms with Crippen LogP contribution in [0.1, 0.15) is 28.4 Å². The maximum absolute atomic E-state index is 12.9. The molecule has 0 aliphatic heterocycles. The lowest BCUT2D eigenvalue weighted by Crippen LogP contribution is -2.30. The number of carboxylic acids is 1. The van der Waals surface area contributed by atoms with Gasteiger partial charge in [-0.15, -0.1) is 0 Å². The summed E-state index contributed by atoms with van der Waals surface area (Å²) in [6, 6.07) is 17.2. The second-order valence-corrected chi connectivity index (χ2v) is 9.30. The smallest absolute Gasteiger partial charge is 0.305 e. The Morgan fingerprint density at radius 3 is 2.36 bits per heavy atom. The number of carbonyl (C=O) groups excluding carboxylic acids is 1. The molecule has 1 unspecified atom stereocenters. The van der Waals surface area contributed by atoms with E-state index >= 15 is 0 Å². The summed E-state index contributed by atoms with van der Waals surface area (Å²) in [6.07, 6.45) is -0.418. The Labute approximate surface area is 207 Å². The SMILES string of the molecule is COc1ccc(C(=O)NC(CC(=O)O)c2cccc(NS(=O)(=O)c3cccc(N=C(N)N)c3)c2)cc1. The Hall–Kier alpha value is -4.58. The van der Waals surface area contributed by atoms with Crippen LogP contribution in [0.2, 0.25) is 0 Å². The summed E-state index contributed by atoms with van der Waals surface area (Å²) in [5.41, 5.74) is 11.9. The van der Waals surface area contributed by atoms with Crippen LogP contribution in [0.4, 0.5) is 11.4 Å². The highest BCUT2D eigenvalue weighted by Crippen LogP contribution is 2.25. The summed E-state index contributed by atoms with van der Waals surface area (Å²) < 4.78 is 33.4. The van der Waals surface area contributed by atoms with Gasteiger partial charge in [-0.05, 0) is 60.2 Å². The lowest BCUT2D eigenvalue weighted by molar-refractivity contribution is -0.137. The number of benzene rings is 3. The Morgan fingerprint density at radius 2 is 1.72 bits per heavy atom. The van der Waals surface area contributed by atoms with Crippen molar-refractivity contribution in [2.24, 2.45) is 16.5 Å². The van der Waals surface area contributed by atoms with Gasteiger partial charge in [-0.1, -0.05) is 18.2 Å². The minimum absolute atomic E-state index is 0.0784. The van der Waals surface area contributed by atoms with Gasteiger partial charge in [0.15, 0.2) is 5.96 Å². The third kappa shape index (κ3) is 6.96. The number of sulfonamides is 1. The number of aliphatic imine (C=N–C) groups is 1. The van der Waals surface area contributed by atoms with Crippen molar-refractivity contribution in [3.63, 3.8) is 0 Å². The van der Waals surface area contributed by atoms with Crippen LogP contribution in [0.5, 0.6) is 5.75 Å². The van der Waals surface area contributed by atoms with Gasteiger partial charge < -0.3 is 26.6 Å². The highest BCUT2D eigenvalue weighted by molar-refractivity contribution is 7.92. The molecule has 0 aliphatic rings. The highest BCUT2D eigenvalue weighted by Gasteiger charge is 2.21. The minimum Gasteiger partial charge on any atom is -0.497 e. The van der Waals surface area contributed by atoms with E-state index in [2.05, 4.69) is 15.0 Å². The highest BCUT2D eigenvalue weighted by atomic mass is 32.2. The van der Waals surface area contributed by atoms with Gasteiger partial charge in [0.1, 0.15) is 5.75 Å². The van der Waals surface area contributed by atoms with E-state index in [0.29, 0.717) is 16.9 Å². The van der Waals surface area contributed by atoms with Gasteiger partial charge in [0, 0.05) is 11.3 Å². The Balaban J connectivity index is 1.84. The van der Waals surface area contributed by atoms with E-state index in [9.17, 15) is 23.1 Å². The standard InChI is InChI=1S/C24H25N5O6S/c1-35-19-10-8-15(9-11-19)23(32)28-21(14-22(30)31)16-4-2-6-18(12-16)29-36(33,34)20-7-3-5-17(13-20)27-24(25)26/h2-13,21,29H,14H2,1H3,(H,28,32)(H,30,31)(H4,25,26,27). The largest absolute Gasteiger partial charge is 0.497 e. The summed E-state index contributed by atoms with van der Waals surface area (Å²) >= 11 is 0. The van der Waals surface area contributed by atoms with E-state index in [1.54, 1.807) is 42.5 Å². The number of rotatable bonds is 10. The zero-order chi connectivity index (χ0) is 26.3. The van der Waals surface area contributed by atoms with Gasteiger partial charge >= 0.3 is 5.97 Å². The van der Waals surface area contributed by atoms with E-state index in [0.717, 1.165) is 0 Å². The normalized spacial score (nSPS) is 11.7. The fourth-order valence-corrected chi connectivity index (χ4v) is 4.40. The van der Waals surface area contributed by atoms with Crippen molar-refractivity contribution < 1.29 is 27.9 Å². The van der Waals surface area contributed by atoms with E-state index in [1.165, 1.54) is 37.4 Å². The summed E-state index contributed by atoms with van der Waals surface area (Å²) in [5, 5.41) is 12.1. The molecule has 1 amide bonds. The molecule has 0 aliphatic carbocycles. The van der Waals surface area contributed by atoms with Crippen molar-refractivity contribution in [1.82, 2.24) is 5.32 Å². The molecule has 0 heterocycles. The molecule has 3 aromatic carbocycles. The molecule has 0 saturated carbocycles. The molecule has 1 atom stereocenters. The van der Waals surface area contributed by atoms with Gasteiger partial charge in [0.05, 0.1) is 30.2 Å². The van der Waals surface area contributed by atoms with Crippen LogP contribution in [0.25, 0.3) is 0 Å². The maximum Gasteiger partial charge on any atom is 0.305 e. The molecule has 0 fully saturated rings. The number of guanidine groups is 1. The number of nitrogens with zero attached hydrogens (tertiary/aromatic N) is 1. The van der Waals surface area contributed by atoms with Gasteiger partial charge in [-0.3, -0.25) is 14.3 Å². The van der Waals surface area contributed by atoms with Crippen molar-refractivity contribution in [2.75, 3.05) is 11.8 Å². The zero-order valence-electron chi connectivity index (χ0n) is 19.2. The number of aliphatic carboxylic acids is 1. The molecule has 7 N–H and O–H groups in total. The molecule has 188 valence electrons. The summed E-state index contributed by atoms with van der Waals surface area (Å²) in [4.78, 5) is 28.0. The minimum atomic E-state index is -4.03. The Bertz CT molecular complexity index is 1390. The number of hydrogen-bond acceptors (Lipinski definition) is 6. The monoisotopic (exact) mass is 511 g/mol. The van der Waals surface area contributed by atoms with Crippen molar-refractivity contribution in [3.8, 4) is 5.75 Å². The number of methoxy groups -OCH3 is 1. The summed E-state index contributed by atoms with van der Waals surface area (Å²) in [6.45, 7) is 0. The summed E-state index contributed by atoms with van der Waals surface area (Å²) in [7, 11) is -2.53. The average molecular weight is 512 g/mol. The van der Waals surface area contributed by atoms with E-state index in [1.807, 2.05) is 0 Å². The second kappa shape index (κ2) is 11.2. The van der Waals surface area contributed by atoms with Crippen LogP contribution in [-0.4, -0.2) is 38.5 Å². The van der Waals surface area contributed by atoms with Crippen LogP contribution in [-0.2, 0) is 14.8 Å². The number of carbonyl (C=O) groups is 2. The van der Waals surface area contributed by atoms with Crippen molar-refractivity contribution in [1.29, 1.82) is 0 Å². The molecule has 12 heteroatoms. The van der Waals surface area contributed by atoms with Crippen molar-refractivity contribution in [3.05, 3.63) is 83.9 Å². The third-order valence-corrected chi connectivity index (χ3v) is 6.34. The molecule has 3 aromatic rings. The van der Waals surface area contributed by atoms with Gasteiger partial charge in [-0.2, -0.15) is 0 Å². The first-order valence-electron chi connectivity index (χ1n) is 10.6. The van der Waals surface area contributed by atoms with Crippen LogP contribution in [0, 0.1) is 0 Å². The number of carboxylic acid groups (broad SMARTS) is 1. The molecule has 0 spiro atoms. The predicted molar refractivity (Wildman–Crippen MR) is 135 cm³/mol. The van der Waals surface area contributed by atoms with E-state index in [-0.39, 0.29) is 22.2 Å². The molecular weight excluding hydrogens is 486 g/mol. The van der Waals surface area contributed by atoms with Gasteiger partial charge in [0.2, 0.25) is 0 Å². The second-order valence-electron chi connectivity index (χ2n) is 7.62. The molecule has 3 rings (SSSR count). The average Bonchev–Trinajstić information content (AvgIpc) is 2.83. The summed E-state index contributed by atoms with van der Waals surface area (Å²) in [5.74, 6) is -1.28. The van der Waals surface area contributed by atoms with Gasteiger partial charge in [0.25, 0.3) is 15.9 Å². The fraction of sp³-hybridized carbons (Fsp3) is 0.125. The topological polar surface area (TPSA) is 186 Å². The molecule has 0 radical (unpaired) electrons. The van der Waals surface area contributed by atoms with Crippen LogP contribution < -0.4 is 26.2 Å². The first kappa shape index (κ1) is 26.0. The number of ether oxygens (including phenoxy) is 1. The number of hydrogen-bond donors (Lipinski definition) is 5. The quantitative estimate of drug-likeness (QED) is 0.203. The number of amides is 1. The number of nitrogens with one attached hydrogen (secondary N) is 2. The molecule has 0 bridgehead atoms. The van der Waals surface area contributed by atoms with Crippen LogP contribution in [0.3, 0.4) is 0 Å². The Kier molecular flexibility index (Phi) is 8.12. The predicted octanol–water partition coefficient (Wildman–Crippen LogP) is 2.35. The van der Waals surface area contributed by atoms with E-state index in [4.69, 9.17) is 16.2 Å². The maximum atomic E-state index is 12.9. The molecule has 0 saturated heterocycles. The van der Waals surface area contributed by atoms with Crippen molar-refractivity contribution >= 4 is 39.2 Å². The zero-order valence-corrected chi connectivity index (χ0v) is 20.0. The fourth-order valence-electron chi connectivity index (χ4n) is 3.31. The van der Waals surface area contributed by atoms with Crippen LogP contribution in [0.15, 0.2) is 82.7 Å². The molecular formula is C24H25N5O6S. The lowest BCUT2D eigenvalue weighted by Gasteiger charge is -2.19. The van der Waals surface area contributed by atoms with E-state index < -0.39 is 34.4 Å². The first-order chi connectivity index (χ1) is 17.1. The lowest BCUT2D eigenvalue weighted by atomic mass is 10.0. The molecule has 36 heavy (non-hydrogen) atoms. The number of anilines is 1. The van der Waals surface area contributed by atoms with Gasteiger partial charge in [-0.25, -0.2) is 13.4 Å². The molecule has 0 aromatic heterocycles. The third-order valence-electron chi connectivity index (χ3n) is 4.96.